The second-order valence-electron chi connectivity index (χ2n) is 5.81. The molecule has 3 aromatic rings. The highest BCUT2D eigenvalue weighted by Gasteiger charge is 2.25. The highest BCUT2D eigenvalue weighted by molar-refractivity contribution is 7.92. The monoisotopic (exact) mass is 359 g/mol. The van der Waals surface area contributed by atoms with Crippen molar-refractivity contribution < 1.29 is 12.8 Å². The number of sulfonamides is 1. The Kier molecular flexibility index (Phi) is 4.34. The highest BCUT2D eigenvalue weighted by Crippen LogP contribution is 2.26. The Morgan fingerprint density at radius 1 is 1.00 bits per heavy atom. The maximum Gasteiger partial charge on any atom is 0.265 e. The first-order valence-electron chi connectivity index (χ1n) is 7.70. The molecule has 0 atom stereocenters. The van der Waals surface area contributed by atoms with Crippen molar-refractivity contribution >= 4 is 15.7 Å². The summed E-state index contributed by atoms with van der Waals surface area (Å²) in [7, 11) is -3.80. The van der Waals surface area contributed by atoms with E-state index in [0.29, 0.717) is 22.8 Å². The summed E-state index contributed by atoms with van der Waals surface area (Å²) in [6, 6.07) is 12.9. The molecule has 1 heterocycles. The summed E-state index contributed by atoms with van der Waals surface area (Å²) in [4.78, 5) is 0.125. The van der Waals surface area contributed by atoms with Gasteiger partial charge >= 0.3 is 0 Å². The molecule has 2 aromatic carbocycles. The van der Waals surface area contributed by atoms with Crippen molar-refractivity contribution in [2.45, 2.75) is 25.7 Å². The number of hydrogen-bond acceptors (Lipinski definition) is 3. The summed E-state index contributed by atoms with van der Waals surface area (Å²) in [5.74, 6) is -0.362. The highest BCUT2D eigenvalue weighted by atomic mass is 32.2. The van der Waals surface area contributed by atoms with Crippen molar-refractivity contribution in [1.29, 1.82) is 0 Å². The Morgan fingerprint density at radius 3 is 2.28 bits per heavy atom. The molecule has 0 unspecified atom stereocenters. The van der Waals surface area contributed by atoms with Crippen LogP contribution in [0.15, 0.2) is 53.4 Å². The number of aromatic nitrogens is 2. The van der Waals surface area contributed by atoms with Gasteiger partial charge in [-0.05, 0) is 56.7 Å². The van der Waals surface area contributed by atoms with E-state index in [9.17, 15) is 12.8 Å². The van der Waals surface area contributed by atoms with Gasteiger partial charge in [0.05, 0.1) is 22.8 Å². The van der Waals surface area contributed by atoms with E-state index >= 15 is 0 Å². The van der Waals surface area contributed by atoms with Crippen molar-refractivity contribution in [3.8, 4) is 5.69 Å². The number of aryl methyl sites for hydroxylation is 2. The summed E-state index contributed by atoms with van der Waals surface area (Å²) >= 11 is 0. The fourth-order valence-electron chi connectivity index (χ4n) is 2.73. The van der Waals surface area contributed by atoms with Gasteiger partial charge in [0.15, 0.2) is 0 Å². The van der Waals surface area contributed by atoms with Gasteiger partial charge < -0.3 is 0 Å². The van der Waals surface area contributed by atoms with Gasteiger partial charge in [0.2, 0.25) is 0 Å². The minimum absolute atomic E-state index is 0.125. The second-order valence-corrected chi connectivity index (χ2v) is 7.43. The van der Waals surface area contributed by atoms with E-state index < -0.39 is 10.0 Å². The Hall–Kier alpha value is -2.67. The number of hydrogen-bond donors (Lipinski definition) is 1. The molecule has 25 heavy (non-hydrogen) atoms. The Balaban J connectivity index is 2.05. The number of benzene rings is 2. The molecule has 0 aliphatic rings. The zero-order valence-corrected chi connectivity index (χ0v) is 14.9. The van der Waals surface area contributed by atoms with Crippen LogP contribution in [0.1, 0.15) is 17.0 Å². The fourth-order valence-corrected chi connectivity index (χ4v) is 4.26. The topological polar surface area (TPSA) is 64.0 Å². The molecule has 3 rings (SSSR count). The van der Waals surface area contributed by atoms with E-state index in [-0.39, 0.29) is 10.7 Å². The molecule has 1 N–H and O–H groups in total. The van der Waals surface area contributed by atoms with Crippen molar-refractivity contribution in [1.82, 2.24) is 9.78 Å². The van der Waals surface area contributed by atoms with Crippen molar-refractivity contribution in [2.24, 2.45) is 0 Å². The van der Waals surface area contributed by atoms with E-state index in [1.54, 1.807) is 38.1 Å². The lowest BCUT2D eigenvalue weighted by molar-refractivity contribution is 0.600. The van der Waals surface area contributed by atoms with Crippen molar-refractivity contribution in [2.75, 3.05) is 4.72 Å². The Bertz CT molecular complexity index is 1020. The van der Waals surface area contributed by atoms with Crippen LogP contribution in [-0.2, 0) is 10.0 Å². The largest absolute Gasteiger partial charge is 0.279 e. The summed E-state index contributed by atoms with van der Waals surface area (Å²) in [6.07, 6.45) is 0. The van der Waals surface area contributed by atoms with Gasteiger partial charge in [-0.2, -0.15) is 5.10 Å². The van der Waals surface area contributed by atoms with E-state index in [2.05, 4.69) is 9.82 Å². The molecular weight excluding hydrogens is 341 g/mol. The third kappa shape index (κ3) is 3.28. The molecule has 5 nitrogen and oxygen atoms in total. The number of anilines is 1. The summed E-state index contributed by atoms with van der Waals surface area (Å²) in [5.41, 5.74) is 2.79. The SMILES string of the molecule is Cc1ccccc1NS(=O)(=O)c1c(C)nn(-c2ccc(F)cc2)c1C. The van der Waals surface area contributed by atoms with Crippen LogP contribution in [0.3, 0.4) is 0 Å². The minimum atomic E-state index is -3.80. The lowest BCUT2D eigenvalue weighted by Gasteiger charge is -2.11. The molecule has 0 spiro atoms. The van der Waals surface area contributed by atoms with Crippen LogP contribution in [-0.4, -0.2) is 18.2 Å². The maximum absolute atomic E-state index is 13.1. The molecule has 7 heteroatoms. The van der Waals surface area contributed by atoms with Gasteiger partial charge in [-0.15, -0.1) is 0 Å². The van der Waals surface area contributed by atoms with Gasteiger partial charge in [-0.1, -0.05) is 18.2 Å². The van der Waals surface area contributed by atoms with Gasteiger partial charge in [0.1, 0.15) is 10.7 Å². The normalized spacial score (nSPS) is 11.5. The van der Waals surface area contributed by atoms with Crippen LogP contribution >= 0.6 is 0 Å². The van der Waals surface area contributed by atoms with Crippen LogP contribution in [0.4, 0.5) is 10.1 Å². The quantitative estimate of drug-likeness (QED) is 0.772. The molecule has 0 radical (unpaired) electrons. The molecule has 0 saturated heterocycles. The average molecular weight is 359 g/mol. The first-order chi connectivity index (χ1) is 11.8. The van der Waals surface area contributed by atoms with Gasteiger partial charge in [0, 0.05) is 0 Å². The Labute approximate surface area is 146 Å². The first kappa shape index (κ1) is 17.2. The number of halogens is 1. The molecule has 0 fully saturated rings. The predicted molar refractivity (Wildman–Crippen MR) is 95.0 cm³/mol. The zero-order valence-electron chi connectivity index (χ0n) is 14.1. The first-order valence-corrected chi connectivity index (χ1v) is 9.18. The van der Waals surface area contributed by atoms with Crippen LogP contribution in [0.2, 0.25) is 0 Å². The van der Waals surface area contributed by atoms with Gasteiger partial charge in [0.25, 0.3) is 10.0 Å². The second kappa shape index (κ2) is 6.33. The smallest absolute Gasteiger partial charge is 0.265 e. The van der Waals surface area contributed by atoms with Crippen LogP contribution in [0.5, 0.6) is 0 Å². The van der Waals surface area contributed by atoms with Crippen molar-refractivity contribution in [3.63, 3.8) is 0 Å². The number of nitrogens with one attached hydrogen (secondary N) is 1. The van der Waals surface area contributed by atoms with Gasteiger partial charge in [-0.3, -0.25) is 4.72 Å². The Morgan fingerprint density at radius 2 is 1.64 bits per heavy atom. The van der Waals surface area contributed by atoms with E-state index in [1.165, 1.54) is 16.8 Å². The molecule has 0 bridgehead atoms. The van der Waals surface area contributed by atoms with Crippen LogP contribution < -0.4 is 4.72 Å². The number of para-hydroxylation sites is 1. The predicted octanol–water partition coefficient (Wildman–Crippen LogP) is 3.74. The molecule has 0 amide bonds. The molecule has 1 aromatic heterocycles. The summed E-state index contributed by atoms with van der Waals surface area (Å²) in [6.45, 7) is 5.15. The van der Waals surface area contributed by atoms with E-state index in [1.807, 2.05) is 19.1 Å². The summed E-state index contributed by atoms with van der Waals surface area (Å²) < 4.78 is 43.0. The standard InChI is InChI=1S/C18H18FN3O2S/c1-12-6-4-5-7-17(12)21-25(23,24)18-13(2)20-22(14(18)3)16-10-8-15(19)9-11-16/h4-11,21H,1-3H3. The third-order valence-corrected chi connectivity index (χ3v) is 5.57. The average Bonchev–Trinajstić information content (AvgIpc) is 2.85. The number of rotatable bonds is 4. The van der Waals surface area contributed by atoms with E-state index in [0.717, 1.165) is 5.56 Å². The fraction of sp³-hybridized carbons (Fsp3) is 0.167. The number of nitrogens with zero attached hydrogens (tertiary/aromatic N) is 2. The van der Waals surface area contributed by atoms with Gasteiger partial charge in [-0.25, -0.2) is 17.5 Å². The summed E-state index contributed by atoms with van der Waals surface area (Å²) in [5, 5.41) is 4.32. The lowest BCUT2D eigenvalue weighted by atomic mass is 10.2. The minimum Gasteiger partial charge on any atom is -0.279 e. The lowest BCUT2D eigenvalue weighted by Crippen LogP contribution is -2.15. The molecule has 0 aliphatic heterocycles. The maximum atomic E-state index is 13.1. The molecule has 0 aliphatic carbocycles. The third-order valence-electron chi connectivity index (χ3n) is 3.95. The van der Waals surface area contributed by atoms with Crippen LogP contribution in [0, 0.1) is 26.6 Å². The molecular formula is C18H18FN3O2S. The molecule has 0 saturated carbocycles. The zero-order chi connectivity index (χ0) is 18.2. The molecule has 130 valence electrons. The van der Waals surface area contributed by atoms with E-state index in [4.69, 9.17) is 0 Å². The van der Waals surface area contributed by atoms with Crippen molar-refractivity contribution in [3.05, 3.63) is 71.3 Å². The van der Waals surface area contributed by atoms with Crippen LogP contribution in [0.25, 0.3) is 5.69 Å².